The molecular weight excluding hydrogens is 383 g/mol. The van der Waals surface area contributed by atoms with E-state index in [0.717, 1.165) is 28.9 Å². The number of hydrogen-bond donors (Lipinski definition) is 1. The average molecular weight is 407 g/mol. The van der Waals surface area contributed by atoms with Crippen LogP contribution in [0.5, 0.6) is 5.75 Å². The van der Waals surface area contributed by atoms with Gasteiger partial charge in [0.15, 0.2) is 5.78 Å². The second-order valence-electron chi connectivity index (χ2n) is 7.15. The van der Waals surface area contributed by atoms with Crippen LogP contribution in [0.4, 0.5) is 0 Å². The Labute approximate surface area is 170 Å². The van der Waals surface area contributed by atoms with Gasteiger partial charge in [0.05, 0.1) is 17.2 Å². The number of benzene rings is 2. The van der Waals surface area contributed by atoms with Crippen LogP contribution in [0.25, 0.3) is 0 Å². The van der Waals surface area contributed by atoms with Gasteiger partial charge in [-0.2, -0.15) is 0 Å². The molecule has 2 aromatic rings. The molecule has 0 radical (unpaired) electrons. The van der Waals surface area contributed by atoms with E-state index in [0.29, 0.717) is 23.1 Å². The number of rotatable bonds is 6. The van der Waals surface area contributed by atoms with E-state index >= 15 is 0 Å². The van der Waals surface area contributed by atoms with Crippen LogP contribution < -0.4 is 10.1 Å². The molecule has 2 aromatic carbocycles. The highest BCUT2D eigenvalue weighted by atomic mass is 35.5. The highest BCUT2D eigenvalue weighted by Crippen LogP contribution is 2.36. The quantitative estimate of drug-likeness (QED) is 0.793. The Morgan fingerprint density at radius 3 is 2.67 bits per heavy atom. The molecule has 6 heteroatoms. The minimum Gasteiger partial charge on any atom is -0.496 e. The second kappa shape index (κ2) is 8.19. The Kier molecular flexibility index (Phi) is 6.11. The largest absolute Gasteiger partial charge is 0.496 e. The highest BCUT2D eigenvalue weighted by Gasteiger charge is 2.43. The lowest BCUT2D eigenvalue weighted by Gasteiger charge is -2.41. The number of methoxy groups -OCH3 is 1. The van der Waals surface area contributed by atoms with Gasteiger partial charge in [-0.05, 0) is 49.8 Å². The average Bonchev–Trinajstić information content (AvgIpc) is 2.64. The molecule has 0 fully saturated rings. The van der Waals surface area contributed by atoms with Gasteiger partial charge in [-0.1, -0.05) is 41.4 Å². The van der Waals surface area contributed by atoms with Crippen LogP contribution in [-0.4, -0.2) is 45.0 Å². The molecule has 1 aliphatic heterocycles. The zero-order valence-electron chi connectivity index (χ0n) is 15.8. The van der Waals surface area contributed by atoms with E-state index in [4.69, 9.17) is 27.9 Å². The first-order valence-corrected chi connectivity index (χ1v) is 9.66. The lowest BCUT2D eigenvalue weighted by Crippen LogP contribution is -2.58. The van der Waals surface area contributed by atoms with Crippen molar-refractivity contribution in [1.82, 2.24) is 10.2 Å². The van der Waals surface area contributed by atoms with Gasteiger partial charge in [0.25, 0.3) is 0 Å². The van der Waals surface area contributed by atoms with E-state index in [-0.39, 0.29) is 12.2 Å². The van der Waals surface area contributed by atoms with Crippen LogP contribution in [0.15, 0.2) is 36.4 Å². The van der Waals surface area contributed by atoms with Crippen LogP contribution in [0, 0.1) is 0 Å². The second-order valence-corrected chi connectivity index (χ2v) is 7.97. The van der Waals surface area contributed by atoms with Crippen molar-refractivity contribution in [2.24, 2.45) is 0 Å². The summed E-state index contributed by atoms with van der Waals surface area (Å²) in [7, 11) is 5.62. The predicted molar refractivity (Wildman–Crippen MR) is 110 cm³/mol. The van der Waals surface area contributed by atoms with Gasteiger partial charge in [-0.15, -0.1) is 0 Å². The van der Waals surface area contributed by atoms with Gasteiger partial charge in [-0.25, -0.2) is 0 Å². The number of carbonyl (C=O) groups is 1. The van der Waals surface area contributed by atoms with Gasteiger partial charge in [0.2, 0.25) is 0 Å². The summed E-state index contributed by atoms with van der Waals surface area (Å²) in [4.78, 5) is 15.6. The molecule has 3 rings (SSSR count). The number of hydrogen-bond acceptors (Lipinski definition) is 4. The number of Topliss-reactive ketones (excluding diaryl/α,β-unsaturated/α-hetero) is 1. The maximum absolute atomic E-state index is 13.6. The highest BCUT2D eigenvalue weighted by molar-refractivity contribution is 6.42. The molecule has 0 saturated carbocycles. The topological polar surface area (TPSA) is 41.6 Å². The smallest absolute Gasteiger partial charge is 0.163 e. The van der Waals surface area contributed by atoms with Crippen molar-refractivity contribution in [3.8, 4) is 5.75 Å². The maximum Gasteiger partial charge on any atom is 0.163 e. The molecule has 4 nitrogen and oxygen atoms in total. The van der Waals surface area contributed by atoms with E-state index in [1.807, 2.05) is 43.3 Å². The number of nitrogens with zero attached hydrogens (tertiary/aromatic N) is 1. The van der Waals surface area contributed by atoms with Crippen LogP contribution in [0.2, 0.25) is 10.0 Å². The fourth-order valence-corrected chi connectivity index (χ4v) is 4.17. The van der Waals surface area contributed by atoms with Gasteiger partial charge >= 0.3 is 0 Å². The third-order valence-electron chi connectivity index (χ3n) is 4.99. The number of likely N-dealkylation sites (N-methyl/N-ethyl adjacent to an activating group) is 1. The third kappa shape index (κ3) is 3.99. The standard InChI is InChI=1S/C21H24Cl2N2O2/c1-25(2)13-21(20(26)12-14-7-8-17(22)18(23)11-14)16-5-4-6-19(27-3)15(16)9-10-24-21/h4-8,11,24H,9-10,12-13H2,1-3H3. The fraction of sp³-hybridized carbons (Fsp3) is 0.381. The molecule has 0 bridgehead atoms. The van der Waals surface area contributed by atoms with Crippen LogP contribution in [0.3, 0.4) is 0 Å². The van der Waals surface area contributed by atoms with Crippen molar-refractivity contribution in [3.63, 3.8) is 0 Å². The SMILES string of the molecule is COc1cccc2c1CCNC2(CN(C)C)C(=O)Cc1ccc(Cl)c(Cl)c1. The maximum atomic E-state index is 13.6. The van der Waals surface area contributed by atoms with E-state index < -0.39 is 5.54 Å². The van der Waals surface area contributed by atoms with E-state index in [1.54, 1.807) is 19.2 Å². The molecule has 144 valence electrons. The molecular formula is C21H24Cl2N2O2. The molecule has 0 aliphatic carbocycles. The summed E-state index contributed by atoms with van der Waals surface area (Å²) in [6, 6.07) is 11.3. The minimum atomic E-state index is -0.794. The van der Waals surface area contributed by atoms with E-state index in [2.05, 4.69) is 5.32 Å². The zero-order valence-corrected chi connectivity index (χ0v) is 17.3. The fourth-order valence-electron chi connectivity index (χ4n) is 3.85. The predicted octanol–water partition coefficient (Wildman–Crippen LogP) is 3.72. The molecule has 0 amide bonds. The van der Waals surface area contributed by atoms with Gasteiger partial charge in [0.1, 0.15) is 11.3 Å². The molecule has 0 spiro atoms. The van der Waals surface area contributed by atoms with Crippen LogP contribution in [0.1, 0.15) is 16.7 Å². The summed E-state index contributed by atoms with van der Waals surface area (Å²) in [5.74, 6) is 0.934. The first-order chi connectivity index (χ1) is 12.9. The summed E-state index contributed by atoms with van der Waals surface area (Å²) in [5, 5.41) is 4.46. The Balaban J connectivity index is 2.04. The summed E-state index contributed by atoms with van der Waals surface area (Å²) >= 11 is 12.2. The molecule has 1 heterocycles. The van der Waals surface area contributed by atoms with Crippen LogP contribution >= 0.6 is 23.2 Å². The van der Waals surface area contributed by atoms with Gasteiger partial charge in [0, 0.05) is 25.1 Å². The third-order valence-corrected chi connectivity index (χ3v) is 5.73. The van der Waals surface area contributed by atoms with E-state index in [1.165, 1.54) is 0 Å². The molecule has 0 saturated heterocycles. The Bertz CT molecular complexity index is 854. The number of ether oxygens (including phenoxy) is 1. The molecule has 1 aliphatic rings. The first-order valence-electron chi connectivity index (χ1n) is 8.90. The molecule has 1 atom stereocenters. The summed E-state index contributed by atoms with van der Waals surface area (Å²) < 4.78 is 5.55. The van der Waals surface area contributed by atoms with Crippen molar-refractivity contribution in [2.75, 3.05) is 34.3 Å². The normalized spacial score (nSPS) is 19.0. The van der Waals surface area contributed by atoms with Gasteiger partial charge in [-0.3, -0.25) is 10.1 Å². The summed E-state index contributed by atoms with van der Waals surface area (Å²) in [6.07, 6.45) is 1.10. The molecule has 27 heavy (non-hydrogen) atoms. The summed E-state index contributed by atoms with van der Waals surface area (Å²) in [6.45, 7) is 1.28. The number of halogens is 2. The van der Waals surface area contributed by atoms with Crippen molar-refractivity contribution >= 4 is 29.0 Å². The monoisotopic (exact) mass is 406 g/mol. The number of ketones is 1. The minimum absolute atomic E-state index is 0.101. The number of fused-ring (bicyclic) bond motifs is 1. The zero-order chi connectivity index (χ0) is 19.6. The Morgan fingerprint density at radius 2 is 2.00 bits per heavy atom. The van der Waals surface area contributed by atoms with Gasteiger partial charge < -0.3 is 9.64 Å². The van der Waals surface area contributed by atoms with E-state index in [9.17, 15) is 4.79 Å². The van der Waals surface area contributed by atoms with Crippen molar-refractivity contribution in [1.29, 1.82) is 0 Å². The molecule has 1 unspecified atom stereocenters. The van der Waals surface area contributed by atoms with Crippen molar-refractivity contribution in [3.05, 3.63) is 63.1 Å². The summed E-state index contributed by atoms with van der Waals surface area (Å²) in [5.41, 5.74) is 2.15. The van der Waals surface area contributed by atoms with Crippen molar-refractivity contribution < 1.29 is 9.53 Å². The van der Waals surface area contributed by atoms with Crippen LogP contribution in [-0.2, 0) is 23.2 Å². The number of nitrogens with one attached hydrogen (secondary N) is 1. The number of carbonyl (C=O) groups excluding carboxylic acids is 1. The lowest BCUT2D eigenvalue weighted by atomic mass is 9.77. The van der Waals surface area contributed by atoms with Crippen molar-refractivity contribution in [2.45, 2.75) is 18.4 Å². The Hall–Kier alpha value is -1.59. The molecule has 0 aromatic heterocycles. The first kappa shape index (κ1) is 20.2. The molecule has 1 N–H and O–H groups in total. The Morgan fingerprint density at radius 1 is 1.22 bits per heavy atom. The lowest BCUT2D eigenvalue weighted by molar-refractivity contribution is -0.126.